The van der Waals surface area contributed by atoms with E-state index in [0.29, 0.717) is 47.3 Å². The Balaban J connectivity index is 0.990. The smallest absolute Gasteiger partial charge is 0.341 e. The summed E-state index contributed by atoms with van der Waals surface area (Å²) in [6.45, 7) is 7.79. The largest absolute Gasteiger partial charge is 0.488 e. The van der Waals surface area contributed by atoms with E-state index in [2.05, 4.69) is 48.7 Å². The maximum Gasteiger partial charge on any atom is 0.341 e. The van der Waals surface area contributed by atoms with Gasteiger partial charge in [-0.05, 0) is 120 Å². The summed E-state index contributed by atoms with van der Waals surface area (Å²) in [4.78, 5) is 49.9. The Hall–Kier alpha value is -8.34. The molecule has 0 atom stereocenters. The molecule has 70 heavy (non-hydrogen) atoms. The second kappa shape index (κ2) is 26.9. The lowest BCUT2D eigenvalue weighted by Gasteiger charge is -2.11. The molecule has 12 heteroatoms. The Morgan fingerprint density at radius 2 is 0.771 bits per heavy atom. The number of esters is 4. The fourth-order valence-electron chi connectivity index (χ4n) is 6.12. The maximum absolute atomic E-state index is 12.7. The van der Waals surface area contributed by atoms with Gasteiger partial charge in [0.1, 0.15) is 49.1 Å². The van der Waals surface area contributed by atoms with Crippen LogP contribution < -0.4 is 9.47 Å². The van der Waals surface area contributed by atoms with Gasteiger partial charge < -0.3 is 28.4 Å². The number of carbonyl (C=O) groups is 4. The standard InChI is InChI=1S/C58H46O10S2/c1-5-55(59)65-33-35-69-49-27-21-43(22-28-49)9-15-45-25-31-53(51(37-45)57(61)63-3)67-39-47-17-11-41(12-18-47)7-8-42-13-19-48(20-14-42)40-68-54-32-26-46(38-52(54)58(62)64-4)16-10-44-23-29-50(30-24-44)70-36-34-66-56(60)6-2/h5-6,11-14,17-32,37-38H,1-2,33-36,39-40H2,3-4H3. The molecule has 6 rings (SSSR count). The van der Waals surface area contributed by atoms with Crippen LogP contribution in [0.25, 0.3) is 0 Å². The highest BCUT2D eigenvalue weighted by Gasteiger charge is 2.16. The van der Waals surface area contributed by atoms with Gasteiger partial charge >= 0.3 is 23.9 Å². The summed E-state index contributed by atoms with van der Waals surface area (Å²) in [7, 11) is 2.64. The van der Waals surface area contributed by atoms with Gasteiger partial charge in [0.15, 0.2) is 0 Å². The van der Waals surface area contributed by atoms with E-state index < -0.39 is 23.9 Å². The van der Waals surface area contributed by atoms with E-state index in [-0.39, 0.29) is 24.3 Å². The van der Waals surface area contributed by atoms with E-state index >= 15 is 0 Å². The number of hydrogen-bond donors (Lipinski definition) is 0. The van der Waals surface area contributed by atoms with Crippen molar-refractivity contribution in [2.75, 3.05) is 38.9 Å². The van der Waals surface area contributed by atoms with Crippen molar-refractivity contribution in [2.24, 2.45) is 0 Å². The predicted molar refractivity (Wildman–Crippen MR) is 272 cm³/mol. The first-order valence-corrected chi connectivity index (χ1v) is 23.6. The van der Waals surface area contributed by atoms with Gasteiger partial charge in [-0.15, -0.1) is 23.5 Å². The molecule has 0 spiro atoms. The zero-order chi connectivity index (χ0) is 49.5. The molecule has 0 amide bonds. The highest BCUT2D eigenvalue weighted by Crippen LogP contribution is 2.25. The summed E-state index contributed by atoms with van der Waals surface area (Å²) in [6, 6.07) is 41.0. The average Bonchev–Trinajstić information content (AvgIpc) is 3.41. The van der Waals surface area contributed by atoms with E-state index in [4.69, 9.17) is 28.4 Å². The molecule has 0 bridgehead atoms. The van der Waals surface area contributed by atoms with Gasteiger partial charge in [-0.1, -0.05) is 72.9 Å². The number of benzene rings is 6. The summed E-state index contributed by atoms with van der Waals surface area (Å²) in [5.41, 5.74) is 6.77. The molecule has 0 saturated heterocycles. The van der Waals surface area contributed by atoms with Crippen molar-refractivity contribution in [2.45, 2.75) is 23.0 Å². The molecule has 6 aromatic rings. The zero-order valence-electron chi connectivity index (χ0n) is 38.4. The molecular formula is C58H46O10S2. The fraction of sp³-hybridized carbons (Fsp3) is 0.138. The molecule has 0 fully saturated rings. The van der Waals surface area contributed by atoms with Gasteiger partial charge in [-0.25, -0.2) is 19.2 Å². The minimum atomic E-state index is -0.537. The Morgan fingerprint density at radius 3 is 1.10 bits per heavy atom. The van der Waals surface area contributed by atoms with Gasteiger partial charge in [-0.3, -0.25) is 0 Å². The van der Waals surface area contributed by atoms with Crippen LogP contribution in [0.5, 0.6) is 11.5 Å². The third kappa shape index (κ3) is 16.2. The molecule has 0 aliphatic heterocycles. The second-order valence-corrected chi connectivity index (χ2v) is 17.0. The molecule has 0 radical (unpaired) electrons. The molecule has 6 aromatic carbocycles. The SMILES string of the molecule is C=CC(=O)OCCSc1ccc(C#Cc2ccc(OCc3ccc(C#Cc4ccc(COc5ccc(C#Cc6ccc(SCCOC(=O)C=C)cc6)cc5C(=O)OC)cc4)cc3)c(C(=O)OC)c2)cc1. The van der Waals surface area contributed by atoms with Crippen LogP contribution in [0.4, 0.5) is 0 Å². The molecule has 0 unspecified atom stereocenters. The number of thioether (sulfide) groups is 2. The molecule has 0 aliphatic rings. The molecule has 10 nitrogen and oxygen atoms in total. The monoisotopic (exact) mass is 966 g/mol. The van der Waals surface area contributed by atoms with Crippen LogP contribution >= 0.6 is 23.5 Å². The number of carbonyl (C=O) groups excluding carboxylic acids is 4. The minimum Gasteiger partial charge on any atom is -0.488 e. The molecular weight excluding hydrogens is 921 g/mol. The minimum absolute atomic E-state index is 0.211. The van der Waals surface area contributed by atoms with Crippen molar-refractivity contribution >= 4 is 47.4 Å². The van der Waals surface area contributed by atoms with Gasteiger partial charge in [0.05, 0.1) is 14.2 Å². The lowest BCUT2D eigenvalue weighted by molar-refractivity contribution is -0.138. The Kier molecular flexibility index (Phi) is 19.6. The number of ether oxygens (including phenoxy) is 6. The van der Waals surface area contributed by atoms with Crippen molar-refractivity contribution in [3.63, 3.8) is 0 Å². The van der Waals surface area contributed by atoms with Crippen LogP contribution in [-0.4, -0.2) is 62.8 Å². The second-order valence-electron chi connectivity index (χ2n) is 14.6. The van der Waals surface area contributed by atoms with Crippen LogP contribution in [0.2, 0.25) is 0 Å². The maximum atomic E-state index is 12.7. The Morgan fingerprint density at radius 1 is 0.457 bits per heavy atom. The lowest BCUT2D eigenvalue weighted by Crippen LogP contribution is -2.06. The first-order valence-electron chi connectivity index (χ1n) is 21.6. The normalized spacial score (nSPS) is 10.0. The van der Waals surface area contributed by atoms with Crippen molar-refractivity contribution in [3.8, 4) is 47.0 Å². The molecule has 0 aromatic heterocycles. The van der Waals surface area contributed by atoms with Crippen LogP contribution in [-0.2, 0) is 41.8 Å². The van der Waals surface area contributed by atoms with Gasteiger partial charge in [-0.2, -0.15) is 0 Å². The molecule has 0 N–H and O–H groups in total. The molecule has 0 heterocycles. The number of methoxy groups -OCH3 is 2. The van der Waals surface area contributed by atoms with Crippen LogP contribution in [0, 0.1) is 35.5 Å². The van der Waals surface area contributed by atoms with E-state index in [0.717, 1.165) is 55.3 Å². The van der Waals surface area contributed by atoms with Crippen molar-refractivity contribution in [1.82, 2.24) is 0 Å². The van der Waals surface area contributed by atoms with E-state index in [9.17, 15) is 19.2 Å². The molecule has 0 saturated carbocycles. The van der Waals surface area contributed by atoms with Gasteiger partial charge in [0.2, 0.25) is 0 Å². The van der Waals surface area contributed by atoms with E-state index in [1.54, 1.807) is 59.9 Å². The van der Waals surface area contributed by atoms with Gasteiger partial charge in [0.25, 0.3) is 0 Å². The summed E-state index contributed by atoms with van der Waals surface area (Å²) >= 11 is 3.13. The number of rotatable bonds is 18. The first kappa shape index (κ1) is 51.1. The van der Waals surface area contributed by atoms with Crippen LogP contribution in [0.3, 0.4) is 0 Å². The highest BCUT2D eigenvalue weighted by molar-refractivity contribution is 7.99. The number of hydrogen-bond acceptors (Lipinski definition) is 12. The third-order valence-electron chi connectivity index (χ3n) is 9.75. The first-order chi connectivity index (χ1) is 34.1. The average molecular weight is 967 g/mol. The zero-order valence-corrected chi connectivity index (χ0v) is 40.0. The summed E-state index contributed by atoms with van der Waals surface area (Å²) < 4.78 is 32.2. The lowest BCUT2D eigenvalue weighted by atomic mass is 10.1. The highest BCUT2D eigenvalue weighted by atomic mass is 32.2. The Bertz CT molecular complexity index is 2810. The van der Waals surface area contributed by atoms with Crippen LogP contribution in [0.1, 0.15) is 65.2 Å². The summed E-state index contributed by atoms with van der Waals surface area (Å²) in [5, 5.41) is 0. The Labute approximate surface area is 416 Å². The predicted octanol–water partition coefficient (Wildman–Crippen LogP) is 10.3. The quantitative estimate of drug-likeness (QED) is 0.0203. The van der Waals surface area contributed by atoms with E-state index in [1.807, 2.05) is 97.1 Å². The topological polar surface area (TPSA) is 124 Å². The fourth-order valence-corrected chi connectivity index (χ4v) is 7.58. The van der Waals surface area contributed by atoms with Gasteiger partial charge in [0, 0.05) is 66.8 Å². The summed E-state index contributed by atoms with van der Waals surface area (Å²) in [5.74, 6) is 18.9. The summed E-state index contributed by atoms with van der Waals surface area (Å²) in [6.07, 6.45) is 2.28. The van der Waals surface area contributed by atoms with Crippen molar-refractivity contribution < 1.29 is 47.6 Å². The van der Waals surface area contributed by atoms with Crippen molar-refractivity contribution in [3.05, 3.63) is 214 Å². The van der Waals surface area contributed by atoms with Crippen molar-refractivity contribution in [1.29, 1.82) is 0 Å². The van der Waals surface area contributed by atoms with Crippen LogP contribution in [0.15, 0.2) is 169 Å². The molecule has 350 valence electrons. The molecule has 0 aliphatic carbocycles. The third-order valence-corrected chi connectivity index (χ3v) is 11.7. The van der Waals surface area contributed by atoms with E-state index in [1.165, 1.54) is 14.2 Å².